The van der Waals surface area contributed by atoms with E-state index >= 15 is 0 Å². The summed E-state index contributed by atoms with van der Waals surface area (Å²) in [7, 11) is -2.43. The smallest absolute Gasteiger partial charge is 0.339 e. The summed E-state index contributed by atoms with van der Waals surface area (Å²) >= 11 is 0. The summed E-state index contributed by atoms with van der Waals surface area (Å²) in [5.41, 5.74) is 2.13. The Morgan fingerprint density at radius 2 is 1.74 bits per heavy atom. The highest BCUT2D eigenvalue weighted by Crippen LogP contribution is 2.29. The second kappa shape index (κ2) is 11.7. The van der Waals surface area contributed by atoms with Gasteiger partial charge in [-0.1, -0.05) is 6.07 Å². The van der Waals surface area contributed by atoms with Gasteiger partial charge in [0, 0.05) is 63.2 Å². The van der Waals surface area contributed by atoms with E-state index < -0.39 is 10.1 Å². The molecule has 2 N–H and O–H groups in total. The highest BCUT2D eigenvalue weighted by molar-refractivity contribution is 7.87. The van der Waals surface area contributed by atoms with E-state index in [0.29, 0.717) is 25.4 Å². The van der Waals surface area contributed by atoms with Crippen LogP contribution < -0.4 is 19.7 Å². The van der Waals surface area contributed by atoms with E-state index in [2.05, 4.69) is 15.5 Å². The summed E-state index contributed by atoms with van der Waals surface area (Å²) in [5, 5.41) is 5.83. The topological polar surface area (TPSA) is 97.0 Å². The fourth-order valence-corrected chi connectivity index (χ4v) is 3.98. The fourth-order valence-electron chi connectivity index (χ4n) is 3.02. The average molecular weight is 450 g/mol. The number of carbonyl (C=O) groups excluding carboxylic acids is 1. The SMILES string of the molecule is CCN(CC)c1ccc(CNCCOC)c(OS(=O)(=O)c2ccc(NC(C)=O)cc2)c1. The quantitative estimate of drug-likeness (QED) is 0.380. The molecule has 0 spiro atoms. The number of hydrogen-bond donors (Lipinski definition) is 2. The van der Waals surface area contributed by atoms with Crippen molar-refractivity contribution < 1.29 is 22.1 Å². The first-order chi connectivity index (χ1) is 14.8. The maximum Gasteiger partial charge on any atom is 0.339 e. The molecule has 0 heterocycles. The number of nitrogens with one attached hydrogen (secondary N) is 2. The summed E-state index contributed by atoms with van der Waals surface area (Å²) < 4.78 is 36.4. The van der Waals surface area contributed by atoms with Gasteiger partial charge >= 0.3 is 10.1 Å². The van der Waals surface area contributed by atoms with Crippen molar-refractivity contribution in [3.05, 3.63) is 48.0 Å². The van der Waals surface area contributed by atoms with Gasteiger partial charge in [-0.15, -0.1) is 0 Å². The molecule has 0 aromatic heterocycles. The molecular formula is C22H31N3O5S. The van der Waals surface area contributed by atoms with Crippen LogP contribution in [0.2, 0.25) is 0 Å². The van der Waals surface area contributed by atoms with Crippen LogP contribution in [0.25, 0.3) is 0 Å². The van der Waals surface area contributed by atoms with Gasteiger partial charge in [-0.2, -0.15) is 8.42 Å². The molecule has 0 fully saturated rings. The van der Waals surface area contributed by atoms with Gasteiger partial charge in [-0.05, 0) is 44.2 Å². The van der Waals surface area contributed by atoms with Gasteiger partial charge in [-0.25, -0.2) is 0 Å². The van der Waals surface area contributed by atoms with Crippen molar-refractivity contribution in [1.82, 2.24) is 5.32 Å². The molecule has 31 heavy (non-hydrogen) atoms. The number of amides is 1. The molecule has 0 bridgehead atoms. The molecule has 2 aromatic rings. The molecule has 8 nitrogen and oxygen atoms in total. The zero-order valence-corrected chi connectivity index (χ0v) is 19.3. The lowest BCUT2D eigenvalue weighted by Gasteiger charge is -2.22. The molecule has 0 atom stereocenters. The molecular weight excluding hydrogens is 418 g/mol. The third-order valence-corrected chi connectivity index (χ3v) is 5.89. The molecule has 0 radical (unpaired) electrons. The van der Waals surface area contributed by atoms with E-state index in [4.69, 9.17) is 8.92 Å². The first-order valence-electron chi connectivity index (χ1n) is 10.2. The van der Waals surface area contributed by atoms with E-state index in [-0.39, 0.29) is 16.6 Å². The summed E-state index contributed by atoms with van der Waals surface area (Å²) in [6.07, 6.45) is 0. The lowest BCUT2D eigenvalue weighted by molar-refractivity contribution is -0.114. The Morgan fingerprint density at radius 3 is 2.32 bits per heavy atom. The Labute approximate surface area is 184 Å². The molecule has 9 heteroatoms. The summed E-state index contributed by atoms with van der Waals surface area (Å²) in [5.74, 6) is 0.0472. The minimum atomic E-state index is -4.06. The molecule has 0 saturated heterocycles. The summed E-state index contributed by atoms with van der Waals surface area (Å²) in [6.45, 7) is 8.66. The van der Waals surface area contributed by atoms with Crippen LogP contribution in [0.15, 0.2) is 47.4 Å². The maximum absolute atomic E-state index is 12.9. The molecule has 0 aliphatic rings. The van der Waals surface area contributed by atoms with Gasteiger partial charge in [0.05, 0.1) is 6.61 Å². The maximum atomic E-state index is 12.9. The second-order valence-corrected chi connectivity index (χ2v) is 8.42. The van der Waals surface area contributed by atoms with E-state index in [0.717, 1.165) is 24.3 Å². The van der Waals surface area contributed by atoms with Crippen LogP contribution in [0.1, 0.15) is 26.3 Å². The zero-order chi connectivity index (χ0) is 22.9. The largest absolute Gasteiger partial charge is 0.383 e. The third kappa shape index (κ3) is 7.23. The van der Waals surface area contributed by atoms with E-state index in [1.54, 1.807) is 13.2 Å². The Bertz CT molecular complexity index is 958. The predicted octanol–water partition coefficient (Wildman–Crippen LogP) is 2.99. The minimum Gasteiger partial charge on any atom is -0.383 e. The van der Waals surface area contributed by atoms with Crippen molar-refractivity contribution in [3.8, 4) is 5.75 Å². The number of methoxy groups -OCH3 is 1. The van der Waals surface area contributed by atoms with Gasteiger partial charge in [0.15, 0.2) is 0 Å². The lowest BCUT2D eigenvalue weighted by Crippen LogP contribution is -2.23. The molecule has 0 aliphatic carbocycles. The van der Waals surface area contributed by atoms with Crippen molar-refractivity contribution in [3.63, 3.8) is 0 Å². The van der Waals surface area contributed by atoms with Crippen LogP contribution in [0, 0.1) is 0 Å². The summed E-state index contributed by atoms with van der Waals surface area (Å²) in [6, 6.07) is 11.5. The molecule has 2 rings (SSSR count). The third-order valence-electron chi connectivity index (χ3n) is 4.64. The standard InChI is InChI=1S/C22H31N3O5S/c1-5-25(6-2)20-10-7-18(16-23-13-14-29-4)22(15-20)30-31(27,28)21-11-8-19(9-12-21)24-17(3)26/h7-12,15,23H,5-6,13-14,16H2,1-4H3,(H,24,26). The molecule has 2 aromatic carbocycles. The van der Waals surface area contributed by atoms with Gasteiger partial charge in [-0.3, -0.25) is 4.79 Å². The van der Waals surface area contributed by atoms with Crippen molar-refractivity contribution in [2.24, 2.45) is 0 Å². The van der Waals surface area contributed by atoms with Crippen LogP contribution in [0.4, 0.5) is 11.4 Å². The van der Waals surface area contributed by atoms with E-state index in [9.17, 15) is 13.2 Å². The highest BCUT2D eigenvalue weighted by atomic mass is 32.2. The van der Waals surface area contributed by atoms with Crippen molar-refractivity contribution in [2.45, 2.75) is 32.2 Å². The number of carbonyl (C=O) groups is 1. The van der Waals surface area contributed by atoms with E-state index in [1.165, 1.54) is 31.2 Å². The Morgan fingerprint density at radius 1 is 1.06 bits per heavy atom. The van der Waals surface area contributed by atoms with Crippen molar-refractivity contribution >= 4 is 27.4 Å². The number of rotatable bonds is 12. The van der Waals surface area contributed by atoms with Gasteiger partial charge < -0.3 is 24.5 Å². The normalized spacial score (nSPS) is 11.2. The van der Waals surface area contributed by atoms with Crippen LogP contribution in [-0.4, -0.2) is 47.7 Å². The Balaban J connectivity index is 2.31. The van der Waals surface area contributed by atoms with Crippen molar-refractivity contribution in [2.75, 3.05) is 43.6 Å². The highest BCUT2D eigenvalue weighted by Gasteiger charge is 2.20. The van der Waals surface area contributed by atoms with Crippen LogP contribution in [-0.2, 0) is 26.2 Å². The molecule has 170 valence electrons. The monoisotopic (exact) mass is 449 g/mol. The first-order valence-corrected chi connectivity index (χ1v) is 11.6. The van der Waals surface area contributed by atoms with Gasteiger partial charge in [0.2, 0.25) is 5.91 Å². The van der Waals surface area contributed by atoms with Crippen LogP contribution in [0.3, 0.4) is 0 Å². The Hall–Kier alpha value is -2.62. The fraction of sp³-hybridized carbons (Fsp3) is 0.409. The zero-order valence-electron chi connectivity index (χ0n) is 18.5. The number of hydrogen-bond acceptors (Lipinski definition) is 7. The second-order valence-electron chi connectivity index (χ2n) is 6.88. The van der Waals surface area contributed by atoms with Gasteiger partial charge in [0.25, 0.3) is 0 Å². The molecule has 0 unspecified atom stereocenters. The number of anilines is 2. The number of ether oxygens (including phenoxy) is 1. The number of benzene rings is 2. The summed E-state index contributed by atoms with van der Waals surface area (Å²) in [4.78, 5) is 13.3. The van der Waals surface area contributed by atoms with E-state index in [1.807, 2.05) is 26.0 Å². The predicted molar refractivity (Wildman–Crippen MR) is 122 cm³/mol. The number of nitrogens with zero attached hydrogens (tertiary/aromatic N) is 1. The Kier molecular flexibility index (Phi) is 9.29. The first kappa shape index (κ1) is 24.6. The lowest BCUT2D eigenvalue weighted by atomic mass is 10.1. The average Bonchev–Trinajstić information content (AvgIpc) is 2.73. The molecule has 0 saturated carbocycles. The van der Waals surface area contributed by atoms with Crippen LogP contribution in [0.5, 0.6) is 5.75 Å². The molecule has 0 aliphatic heterocycles. The van der Waals surface area contributed by atoms with Crippen LogP contribution >= 0.6 is 0 Å². The van der Waals surface area contributed by atoms with Crippen molar-refractivity contribution in [1.29, 1.82) is 0 Å². The molecule has 1 amide bonds. The minimum absolute atomic E-state index is 0.00753. The van der Waals surface area contributed by atoms with Gasteiger partial charge in [0.1, 0.15) is 10.6 Å².